The van der Waals surface area contributed by atoms with Gasteiger partial charge in [-0.05, 0) is 39.8 Å². The molecule has 1 saturated heterocycles. The third-order valence-corrected chi connectivity index (χ3v) is 4.11. The van der Waals surface area contributed by atoms with Crippen LogP contribution in [0.3, 0.4) is 0 Å². The summed E-state index contributed by atoms with van der Waals surface area (Å²) in [5, 5.41) is 2.94. The molecule has 1 aliphatic heterocycles. The lowest BCUT2D eigenvalue weighted by Crippen LogP contribution is -2.52. The van der Waals surface area contributed by atoms with E-state index < -0.39 is 6.04 Å². The van der Waals surface area contributed by atoms with E-state index in [0.29, 0.717) is 17.2 Å². The van der Waals surface area contributed by atoms with Gasteiger partial charge in [-0.15, -0.1) is 11.8 Å². The van der Waals surface area contributed by atoms with Crippen LogP contribution in [0.1, 0.15) is 36.8 Å². The molecule has 1 atom stereocenters. The van der Waals surface area contributed by atoms with Gasteiger partial charge in [0.2, 0.25) is 5.91 Å². The normalized spacial score (nSPS) is 18.7. The molecule has 0 spiro atoms. The van der Waals surface area contributed by atoms with Gasteiger partial charge in [0.25, 0.3) is 5.91 Å². The van der Waals surface area contributed by atoms with E-state index in [1.54, 1.807) is 35.0 Å². The second-order valence-electron chi connectivity index (χ2n) is 6.22. The van der Waals surface area contributed by atoms with E-state index in [9.17, 15) is 9.59 Å². The molecule has 0 saturated carbocycles. The van der Waals surface area contributed by atoms with Crippen LogP contribution >= 0.6 is 11.8 Å². The molecule has 0 aliphatic carbocycles. The van der Waals surface area contributed by atoms with Gasteiger partial charge in [-0.2, -0.15) is 0 Å². The van der Waals surface area contributed by atoms with Crippen LogP contribution in [0.25, 0.3) is 0 Å². The molecule has 2 heterocycles. The van der Waals surface area contributed by atoms with E-state index in [-0.39, 0.29) is 17.4 Å². The highest BCUT2D eigenvalue weighted by molar-refractivity contribution is 7.99. The van der Waals surface area contributed by atoms with Gasteiger partial charge in [0, 0.05) is 23.2 Å². The van der Waals surface area contributed by atoms with Gasteiger partial charge in [0.05, 0.1) is 11.4 Å². The van der Waals surface area contributed by atoms with Gasteiger partial charge >= 0.3 is 0 Å². The zero-order valence-corrected chi connectivity index (χ0v) is 13.7. The quantitative estimate of drug-likeness (QED) is 0.905. The van der Waals surface area contributed by atoms with Crippen molar-refractivity contribution in [2.24, 2.45) is 0 Å². The maximum absolute atomic E-state index is 12.5. The SMILES string of the molecule is Cc1ccc(C(=O)N2CSCC2C(=O)NC(C)(C)C)cn1. The predicted octanol–water partition coefficient (Wildman–Crippen LogP) is 1.82. The van der Waals surface area contributed by atoms with Crippen molar-refractivity contribution in [3.8, 4) is 0 Å². The Balaban J connectivity index is 2.13. The maximum Gasteiger partial charge on any atom is 0.256 e. The smallest absolute Gasteiger partial charge is 0.256 e. The zero-order chi connectivity index (χ0) is 15.6. The Hall–Kier alpha value is -1.56. The molecular formula is C15H21N3O2S. The third-order valence-electron chi connectivity index (χ3n) is 3.10. The van der Waals surface area contributed by atoms with Crippen molar-refractivity contribution < 1.29 is 9.59 Å². The van der Waals surface area contributed by atoms with Gasteiger partial charge < -0.3 is 10.2 Å². The molecule has 1 aromatic heterocycles. The monoisotopic (exact) mass is 307 g/mol. The number of aromatic nitrogens is 1. The first-order valence-electron chi connectivity index (χ1n) is 6.91. The third kappa shape index (κ3) is 3.97. The van der Waals surface area contributed by atoms with Crippen LogP contribution in [-0.2, 0) is 4.79 Å². The standard InChI is InChI=1S/C15H21N3O2S/c1-10-5-6-11(7-16-10)14(20)18-9-21-8-12(18)13(19)17-15(2,3)4/h5-7,12H,8-9H2,1-4H3,(H,17,19). The fourth-order valence-corrected chi connectivity index (χ4v) is 3.23. The molecule has 5 nitrogen and oxygen atoms in total. The number of carbonyl (C=O) groups is 2. The Morgan fingerprint density at radius 1 is 1.38 bits per heavy atom. The molecule has 0 radical (unpaired) electrons. The number of carbonyl (C=O) groups excluding carboxylic acids is 2. The number of nitrogens with one attached hydrogen (secondary N) is 1. The molecule has 114 valence electrons. The van der Waals surface area contributed by atoms with E-state index in [4.69, 9.17) is 0 Å². The first kappa shape index (κ1) is 15.8. The lowest BCUT2D eigenvalue weighted by atomic mass is 10.1. The molecule has 1 aliphatic rings. The molecule has 0 bridgehead atoms. The Labute approximate surface area is 129 Å². The average molecular weight is 307 g/mol. The largest absolute Gasteiger partial charge is 0.350 e. The van der Waals surface area contributed by atoms with Crippen molar-refractivity contribution >= 4 is 23.6 Å². The molecule has 6 heteroatoms. The van der Waals surface area contributed by atoms with Crippen molar-refractivity contribution in [3.05, 3.63) is 29.6 Å². The van der Waals surface area contributed by atoms with E-state index in [1.807, 2.05) is 27.7 Å². The maximum atomic E-state index is 12.5. The van der Waals surface area contributed by atoms with Crippen LogP contribution in [0, 0.1) is 6.92 Å². The first-order valence-corrected chi connectivity index (χ1v) is 8.07. The average Bonchev–Trinajstić information content (AvgIpc) is 2.86. The molecule has 1 unspecified atom stereocenters. The number of pyridine rings is 1. The lowest BCUT2D eigenvalue weighted by Gasteiger charge is -2.27. The number of aryl methyl sites for hydroxylation is 1. The summed E-state index contributed by atoms with van der Waals surface area (Å²) in [6.45, 7) is 7.68. The molecule has 1 N–H and O–H groups in total. The van der Waals surface area contributed by atoms with E-state index in [1.165, 1.54) is 0 Å². The number of nitrogens with zero attached hydrogens (tertiary/aromatic N) is 2. The van der Waals surface area contributed by atoms with Crippen molar-refractivity contribution in [1.82, 2.24) is 15.2 Å². The highest BCUT2D eigenvalue weighted by Crippen LogP contribution is 2.23. The summed E-state index contributed by atoms with van der Waals surface area (Å²) in [4.78, 5) is 30.6. The van der Waals surface area contributed by atoms with E-state index in [0.717, 1.165) is 5.69 Å². The molecule has 1 fully saturated rings. The Morgan fingerprint density at radius 2 is 2.10 bits per heavy atom. The Morgan fingerprint density at radius 3 is 2.67 bits per heavy atom. The summed E-state index contributed by atoms with van der Waals surface area (Å²) in [6, 6.07) is 3.15. The van der Waals surface area contributed by atoms with Crippen molar-refractivity contribution in [1.29, 1.82) is 0 Å². The number of hydrogen-bond acceptors (Lipinski definition) is 4. The van der Waals surface area contributed by atoms with Crippen LogP contribution in [0.4, 0.5) is 0 Å². The van der Waals surface area contributed by atoms with E-state index >= 15 is 0 Å². The number of thioether (sulfide) groups is 1. The minimum atomic E-state index is -0.414. The first-order chi connectivity index (χ1) is 9.78. The van der Waals surface area contributed by atoms with Crippen molar-refractivity contribution in [2.45, 2.75) is 39.3 Å². The molecule has 1 aromatic rings. The minimum Gasteiger partial charge on any atom is -0.350 e. The lowest BCUT2D eigenvalue weighted by molar-refractivity contribution is -0.125. The summed E-state index contributed by atoms with van der Waals surface area (Å²) >= 11 is 1.59. The summed E-state index contributed by atoms with van der Waals surface area (Å²) in [5.74, 6) is 0.935. The van der Waals surface area contributed by atoms with Crippen LogP contribution in [-0.4, -0.2) is 44.9 Å². The molecule has 21 heavy (non-hydrogen) atoms. The molecular weight excluding hydrogens is 286 g/mol. The summed E-state index contributed by atoms with van der Waals surface area (Å²) in [7, 11) is 0. The van der Waals surface area contributed by atoms with Crippen LogP contribution in [0.2, 0.25) is 0 Å². The van der Waals surface area contributed by atoms with Gasteiger partial charge in [-0.1, -0.05) is 0 Å². The Bertz CT molecular complexity index is 537. The van der Waals surface area contributed by atoms with Gasteiger partial charge in [-0.25, -0.2) is 0 Å². The fraction of sp³-hybridized carbons (Fsp3) is 0.533. The summed E-state index contributed by atoms with van der Waals surface area (Å²) in [6.07, 6.45) is 1.57. The van der Waals surface area contributed by atoms with Crippen molar-refractivity contribution in [3.63, 3.8) is 0 Å². The van der Waals surface area contributed by atoms with E-state index in [2.05, 4.69) is 10.3 Å². The second kappa shape index (κ2) is 6.05. The predicted molar refractivity (Wildman–Crippen MR) is 84.2 cm³/mol. The Kier molecular flexibility index (Phi) is 4.56. The van der Waals surface area contributed by atoms with Crippen LogP contribution in [0.15, 0.2) is 18.3 Å². The molecule has 0 aromatic carbocycles. The zero-order valence-electron chi connectivity index (χ0n) is 12.8. The van der Waals surface area contributed by atoms with Crippen molar-refractivity contribution in [2.75, 3.05) is 11.6 Å². The van der Waals surface area contributed by atoms with Gasteiger partial charge in [0.1, 0.15) is 6.04 Å². The second-order valence-corrected chi connectivity index (χ2v) is 7.22. The minimum absolute atomic E-state index is 0.0964. The number of amides is 2. The number of rotatable bonds is 2. The van der Waals surface area contributed by atoms with Gasteiger partial charge in [0.15, 0.2) is 0 Å². The molecule has 2 rings (SSSR count). The van der Waals surface area contributed by atoms with Crippen LogP contribution in [0.5, 0.6) is 0 Å². The fourth-order valence-electron chi connectivity index (χ4n) is 2.07. The van der Waals surface area contributed by atoms with Crippen LogP contribution < -0.4 is 5.32 Å². The highest BCUT2D eigenvalue weighted by atomic mass is 32.2. The summed E-state index contributed by atoms with van der Waals surface area (Å²) in [5.41, 5.74) is 1.09. The van der Waals surface area contributed by atoms with Gasteiger partial charge in [-0.3, -0.25) is 14.6 Å². The molecule has 2 amide bonds. The highest BCUT2D eigenvalue weighted by Gasteiger charge is 2.36. The summed E-state index contributed by atoms with van der Waals surface area (Å²) < 4.78 is 0. The number of hydrogen-bond donors (Lipinski definition) is 1. The topological polar surface area (TPSA) is 62.3 Å².